The Bertz CT molecular complexity index is 424. The minimum atomic E-state index is -0.953. The van der Waals surface area contributed by atoms with E-state index in [1.54, 1.807) is 37.6 Å². The minimum absolute atomic E-state index is 0.262. The fraction of sp³-hybridized carbons (Fsp3) is 0.455. The van der Waals surface area contributed by atoms with Crippen LogP contribution in [0.5, 0.6) is 0 Å². The number of hydrogen-bond donors (Lipinski definition) is 1. The first kappa shape index (κ1) is 11.3. The number of aromatic carboxylic acids is 1. The zero-order chi connectivity index (χ0) is 11.6. The molecule has 4 heteroatoms. The SMILES string of the molecule is Cc1ccn(CC(C)(C)C#N)c1C(=O)O. The predicted molar refractivity (Wildman–Crippen MR) is 55.5 cm³/mol. The van der Waals surface area contributed by atoms with Crippen molar-refractivity contribution in [1.82, 2.24) is 4.57 Å². The van der Waals surface area contributed by atoms with E-state index in [9.17, 15) is 4.79 Å². The number of nitriles is 1. The van der Waals surface area contributed by atoms with Gasteiger partial charge in [0.15, 0.2) is 0 Å². The Morgan fingerprint density at radius 1 is 1.67 bits per heavy atom. The monoisotopic (exact) mass is 206 g/mol. The standard InChI is InChI=1S/C11H14N2O2/c1-8-4-5-13(9(8)10(14)15)7-11(2,3)6-12/h4-5H,7H2,1-3H3,(H,14,15). The molecule has 0 fully saturated rings. The van der Waals surface area contributed by atoms with Crippen molar-refractivity contribution in [2.45, 2.75) is 27.3 Å². The van der Waals surface area contributed by atoms with Gasteiger partial charge in [-0.05, 0) is 32.4 Å². The van der Waals surface area contributed by atoms with Crippen molar-refractivity contribution in [1.29, 1.82) is 5.26 Å². The molecule has 0 aliphatic heterocycles. The molecule has 0 unspecified atom stereocenters. The maximum Gasteiger partial charge on any atom is 0.352 e. The quantitative estimate of drug-likeness (QED) is 0.823. The fourth-order valence-electron chi connectivity index (χ4n) is 1.47. The van der Waals surface area contributed by atoms with Crippen LogP contribution in [0, 0.1) is 23.7 Å². The highest BCUT2D eigenvalue weighted by atomic mass is 16.4. The molecule has 0 radical (unpaired) electrons. The number of hydrogen-bond acceptors (Lipinski definition) is 2. The highest BCUT2D eigenvalue weighted by molar-refractivity contribution is 5.87. The third kappa shape index (κ3) is 2.38. The van der Waals surface area contributed by atoms with Crippen LogP contribution in [0.25, 0.3) is 0 Å². The zero-order valence-corrected chi connectivity index (χ0v) is 9.11. The third-order valence-corrected chi connectivity index (χ3v) is 2.24. The highest BCUT2D eigenvalue weighted by Gasteiger charge is 2.21. The molecule has 0 atom stereocenters. The summed E-state index contributed by atoms with van der Waals surface area (Å²) in [6, 6.07) is 3.90. The van der Waals surface area contributed by atoms with Gasteiger partial charge in [0.2, 0.25) is 0 Å². The topological polar surface area (TPSA) is 66.0 Å². The summed E-state index contributed by atoms with van der Waals surface area (Å²) in [5.41, 5.74) is 0.421. The molecule has 0 amide bonds. The molecule has 0 saturated carbocycles. The van der Waals surface area contributed by atoms with Crippen molar-refractivity contribution >= 4 is 5.97 Å². The molecule has 0 aliphatic carbocycles. The van der Waals surface area contributed by atoms with Gasteiger partial charge in [-0.1, -0.05) is 0 Å². The lowest BCUT2D eigenvalue weighted by Gasteiger charge is -2.17. The molecule has 0 aromatic carbocycles. The van der Waals surface area contributed by atoms with Crippen LogP contribution in [0.3, 0.4) is 0 Å². The van der Waals surface area contributed by atoms with Crippen LogP contribution in [-0.4, -0.2) is 15.6 Å². The number of aromatic nitrogens is 1. The summed E-state index contributed by atoms with van der Waals surface area (Å²) in [4.78, 5) is 11.0. The van der Waals surface area contributed by atoms with Crippen LogP contribution in [0.1, 0.15) is 29.9 Å². The van der Waals surface area contributed by atoms with Crippen LogP contribution in [0.2, 0.25) is 0 Å². The smallest absolute Gasteiger partial charge is 0.352 e. The van der Waals surface area contributed by atoms with E-state index in [2.05, 4.69) is 6.07 Å². The molecular formula is C11H14N2O2. The summed E-state index contributed by atoms with van der Waals surface area (Å²) in [7, 11) is 0. The summed E-state index contributed by atoms with van der Waals surface area (Å²) in [6.45, 7) is 5.71. The number of carbonyl (C=O) groups is 1. The molecule has 0 saturated heterocycles. The zero-order valence-electron chi connectivity index (χ0n) is 9.11. The van der Waals surface area contributed by atoms with E-state index in [4.69, 9.17) is 10.4 Å². The fourth-order valence-corrected chi connectivity index (χ4v) is 1.47. The second kappa shape index (κ2) is 3.77. The molecule has 1 aromatic heterocycles. The highest BCUT2D eigenvalue weighted by Crippen LogP contribution is 2.20. The first-order valence-electron chi connectivity index (χ1n) is 4.67. The normalized spacial score (nSPS) is 11.1. The predicted octanol–water partition coefficient (Wildman–Crippen LogP) is 2.04. The average molecular weight is 206 g/mol. The van der Waals surface area contributed by atoms with Gasteiger partial charge in [0.25, 0.3) is 0 Å². The molecule has 15 heavy (non-hydrogen) atoms. The Balaban J connectivity index is 3.07. The van der Waals surface area contributed by atoms with Gasteiger partial charge in [-0.25, -0.2) is 4.79 Å². The first-order chi connectivity index (χ1) is 6.87. The molecular weight excluding hydrogens is 192 g/mol. The summed E-state index contributed by atoms with van der Waals surface area (Å²) in [6.07, 6.45) is 1.71. The Hall–Kier alpha value is -1.76. The Morgan fingerprint density at radius 2 is 2.27 bits per heavy atom. The van der Waals surface area contributed by atoms with E-state index >= 15 is 0 Å². The number of aryl methyl sites for hydroxylation is 1. The van der Waals surface area contributed by atoms with Gasteiger partial charge in [0, 0.05) is 12.7 Å². The lowest BCUT2D eigenvalue weighted by atomic mass is 9.96. The molecule has 1 rings (SSSR count). The largest absolute Gasteiger partial charge is 0.477 e. The van der Waals surface area contributed by atoms with Crippen molar-refractivity contribution in [3.05, 3.63) is 23.5 Å². The Labute approximate surface area is 88.8 Å². The number of nitrogens with zero attached hydrogens (tertiary/aromatic N) is 2. The van der Waals surface area contributed by atoms with E-state index in [-0.39, 0.29) is 5.69 Å². The van der Waals surface area contributed by atoms with Crippen molar-refractivity contribution in [2.75, 3.05) is 0 Å². The van der Waals surface area contributed by atoms with Gasteiger partial charge in [-0.2, -0.15) is 5.26 Å². The van der Waals surface area contributed by atoms with Gasteiger partial charge in [-0.15, -0.1) is 0 Å². The molecule has 80 valence electrons. The van der Waals surface area contributed by atoms with Gasteiger partial charge >= 0.3 is 5.97 Å². The van der Waals surface area contributed by atoms with Crippen LogP contribution in [0.15, 0.2) is 12.3 Å². The van der Waals surface area contributed by atoms with E-state index in [0.717, 1.165) is 5.56 Å². The van der Waals surface area contributed by atoms with Gasteiger partial charge in [-0.3, -0.25) is 0 Å². The summed E-state index contributed by atoms with van der Waals surface area (Å²) in [5.74, 6) is -0.953. The molecule has 0 aliphatic rings. The summed E-state index contributed by atoms with van der Waals surface area (Å²) >= 11 is 0. The van der Waals surface area contributed by atoms with Gasteiger partial charge in [0.1, 0.15) is 5.69 Å². The van der Waals surface area contributed by atoms with E-state index in [1.165, 1.54) is 0 Å². The van der Waals surface area contributed by atoms with E-state index in [0.29, 0.717) is 6.54 Å². The summed E-state index contributed by atoms with van der Waals surface area (Å²) < 4.78 is 1.61. The van der Waals surface area contributed by atoms with Crippen molar-refractivity contribution in [3.63, 3.8) is 0 Å². The number of carboxylic acids is 1. The molecule has 0 spiro atoms. The average Bonchev–Trinajstić information content (AvgIpc) is 2.46. The second-order valence-electron chi connectivity index (χ2n) is 4.28. The molecule has 0 bridgehead atoms. The van der Waals surface area contributed by atoms with E-state index < -0.39 is 11.4 Å². The van der Waals surface area contributed by atoms with Crippen molar-refractivity contribution < 1.29 is 9.90 Å². The molecule has 1 aromatic rings. The number of rotatable bonds is 3. The van der Waals surface area contributed by atoms with Crippen molar-refractivity contribution in [2.24, 2.45) is 5.41 Å². The third-order valence-electron chi connectivity index (χ3n) is 2.24. The Morgan fingerprint density at radius 3 is 2.73 bits per heavy atom. The van der Waals surface area contributed by atoms with Gasteiger partial charge < -0.3 is 9.67 Å². The Kier molecular flexibility index (Phi) is 2.85. The van der Waals surface area contributed by atoms with Crippen molar-refractivity contribution in [3.8, 4) is 6.07 Å². The lowest BCUT2D eigenvalue weighted by molar-refractivity contribution is 0.0682. The van der Waals surface area contributed by atoms with Crippen LogP contribution in [-0.2, 0) is 6.54 Å². The minimum Gasteiger partial charge on any atom is -0.477 e. The van der Waals surface area contributed by atoms with Gasteiger partial charge in [0.05, 0.1) is 11.5 Å². The molecule has 1 N–H and O–H groups in total. The number of carboxylic acid groups (broad SMARTS) is 1. The molecule has 1 heterocycles. The maximum absolute atomic E-state index is 11.0. The van der Waals surface area contributed by atoms with E-state index in [1.807, 2.05) is 0 Å². The lowest BCUT2D eigenvalue weighted by Crippen LogP contribution is -2.20. The summed E-state index contributed by atoms with van der Waals surface area (Å²) in [5, 5.41) is 17.9. The van der Waals surface area contributed by atoms with Crippen LogP contribution >= 0.6 is 0 Å². The van der Waals surface area contributed by atoms with Crippen LogP contribution < -0.4 is 0 Å². The maximum atomic E-state index is 11.0. The van der Waals surface area contributed by atoms with Crippen LogP contribution in [0.4, 0.5) is 0 Å². The second-order valence-corrected chi connectivity index (χ2v) is 4.28. The molecule has 4 nitrogen and oxygen atoms in total. The first-order valence-corrected chi connectivity index (χ1v) is 4.67.